The highest BCUT2D eigenvalue weighted by Gasteiger charge is 2.00. The monoisotopic (exact) mass is 367 g/mol. The van der Waals surface area contributed by atoms with Gasteiger partial charge in [0.15, 0.2) is 0 Å². The molecule has 0 saturated carbocycles. The number of hydrogen-bond donors (Lipinski definition) is 0. The normalized spacial score (nSPS) is 10.5. The second-order valence-corrected chi connectivity index (χ2v) is 5.26. The van der Waals surface area contributed by atoms with E-state index in [1.807, 2.05) is 30.3 Å². The number of ether oxygens (including phenoxy) is 4. The fourth-order valence-electron chi connectivity index (χ4n) is 1.61. The Morgan fingerprint density at radius 3 is 2.32 bits per heavy atom. The van der Waals surface area contributed by atoms with Crippen molar-refractivity contribution in [3.63, 3.8) is 0 Å². The van der Waals surface area contributed by atoms with Crippen molar-refractivity contribution in [1.29, 1.82) is 0 Å². The van der Waals surface area contributed by atoms with E-state index in [9.17, 15) is 0 Å². The Bertz CT molecular complexity index is 545. The number of hydrogen-bond acceptors (Lipinski definition) is 5. The molecule has 1 heterocycles. The van der Waals surface area contributed by atoms with Crippen LogP contribution in [0.5, 0.6) is 17.4 Å². The molecule has 0 atom stereocenters. The maximum Gasteiger partial charge on any atom is 0.219 e. The van der Waals surface area contributed by atoms with Crippen molar-refractivity contribution < 1.29 is 18.9 Å². The van der Waals surface area contributed by atoms with Gasteiger partial charge in [0.25, 0.3) is 0 Å². The SMILES string of the molecule is COCCOCCOc1ccc(Oc2ccc(Br)cn2)cc1. The van der Waals surface area contributed by atoms with Gasteiger partial charge in [-0.2, -0.15) is 0 Å². The largest absolute Gasteiger partial charge is 0.491 e. The van der Waals surface area contributed by atoms with E-state index in [1.165, 1.54) is 0 Å². The van der Waals surface area contributed by atoms with E-state index in [0.717, 1.165) is 10.2 Å². The molecule has 0 aliphatic rings. The van der Waals surface area contributed by atoms with Crippen LogP contribution >= 0.6 is 15.9 Å². The first-order valence-electron chi connectivity index (χ1n) is 6.87. The minimum atomic E-state index is 0.498. The molecule has 2 aromatic rings. The van der Waals surface area contributed by atoms with Crippen molar-refractivity contribution in [3.8, 4) is 17.4 Å². The van der Waals surface area contributed by atoms with Gasteiger partial charge in [-0.1, -0.05) is 0 Å². The maximum absolute atomic E-state index is 5.63. The Balaban J connectivity index is 1.74. The van der Waals surface area contributed by atoms with Crippen LogP contribution < -0.4 is 9.47 Å². The Kier molecular flexibility index (Phi) is 7.15. The topological polar surface area (TPSA) is 49.8 Å². The van der Waals surface area contributed by atoms with Gasteiger partial charge in [0, 0.05) is 23.8 Å². The van der Waals surface area contributed by atoms with Gasteiger partial charge in [-0.15, -0.1) is 0 Å². The van der Waals surface area contributed by atoms with Gasteiger partial charge in [-0.05, 0) is 46.3 Å². The Morgan fingerprint density at radius 1 is 0.909 bits per heavy atom. The number of methoxy groups -OCH3 is 1. The summed E-state index contributed by atoms with van der Waals surface area (Å²) < 4.78 is 22.3. The summed E-state index contributed by atoms with van der Waals surface area (Å²) in [5, 5.41) is 0. The second kappa shape index (κ2) is 9.40. The molecule has 0 amide bonds. The fourth-order valence-corrected chi connectivity index (χ4v) is 1.84. The van der Waals surface area contributed by atoms with Crippen LogP contribution in [0.1, 0.15) is 0 Å². The quantitative estimate of drug-likeness (QED) is 0.632. The van der Waals surface area contributed by atoms with E-state index >= 15 is 0 Å². The summed E-state index contributed by atoms with van der Waals surface area (Å²) in [7, 11) is 1.65. The lowest BCUT2D eigenvalue weighted by Gasteiger charge is -2.08. The molecule has 0 saturated heterocycles. The van der Waals surface area contributed by atoms with Crippen LogP contribution in [0.2, 0.25) is 0 Å². The van der Waals surface area contributed by atoms with Crippen molar-refractivity contribution in [3.05, 3.63) is 47.1 Å². The average Bonchev–Trinajstić information content (AvgIpc) is 2.54. The lowest BCUT2D eigenvalue weighted by atomic mass is 10.3. The molecular formula is C16H18BrNO4. The zero-order valence-corrected chi connectivity index (χ0v) is 13.9. The van der Waals surface area contributed by atoms with Crippen LogP contribution in [0.4, 0.5) is 0 Å². The third kappa shape index (κ3) is 6.01. The zero-order valence-electron chi connectivity index (χ0n) is 12.3. The molecule has 0 aliphatic heterocycles. The molecule has 1 aromatic carbocycles. The first kappa shape index (κ1) is 16.7. The van der Waals surface area contributed by atoms with Gasteiger partial charge in [0.05, 0.1) is 19.8 Å². The van der Waals surface area contributed by atoms with Crippen LogP contribution in [0.25, 0.3) is 0 Å². The summed E-state index contributed by atoms with van der Waals surface area (Å²) in [4.78, 5) is 4.15. The van der Waals surface area contributed by atoms with E-state index in [2.05, 4.69) is 20.9 Å². The second-order valence-electron chi connectivity index (χ2n) is 4.34. The molecule has 0 radical (unpaired) electrons. The lowest BCUT2D eigenvalue weighted by molar-refractivity contribution is 0.0544. The highest BCUT2D eigenvalue weighted by atomic mass is 79.9. The number of halogens is 1. The molecule has 22 heavy (non-hydrogen) atoms. The molecule has 0 spiro atoms. The number of pyridine rings is 1. The van der Waals surface area contributed by atoms with Crippen LogP contribution in [0.3, 0.4) is 0 Å². The predicted molar refractivity (Wildman–Crippen MR) is 86.6 cm³/mol. The predicted octanol–water partition coefficient (Wildman–Crippen LogP) is 3.68. The molecule has 0 fully saturated rings. The zero-order chi connectivity index (χ0) is 15.6. The van der Waals surface area contributed by atoms with Crippen LogP contribution in [0.15, 0.2) is 47.1 Å². The van der Waals surface area contributed by atoms with Crippen molar-refractivity contribution in [2.24, 2.45) is 0 Å². The first-order chi connectivity index (χ1) is 10.8. The summed E-state index contributed by atoms with van der Waals surface area (Å²) in [6.45, 7) is 2.20. The molecule has 0 aliphatic carbocycles. The highest BCUT2D eigenvalue weighted by molar-refractivity contribution is 9.10. The maximum atomic E-state index is 5.63. The summed E-state index contributed by atoms with van der Waals surface area (Å²) in [6.07, 6.45) is 1.69. The van der Waals surface area contributed by atoms with Crippen molar-refractivity contribution >= 4 is 15.9 Å². The Labute approximate surface area is 138 Å². The van der Waals surface area contributed by atoms with Crippen molar-refractivity contribution in [2.45, 2.75) is 0 Å². The molecule has 118 valence electrons. The summed E-state index contributed by atoms with van der Waals surface area (Å²) >= 11 is 3.33. The van der Waals surface area contributed by atoms with Gasteiger partial charge in [-0.3, -0.25) is 0 Å². The van der Waals surface area contributed by atoms with Crippen molar-refractivity contribution in [1.82, 2.24) is 4.98 Å². The minimum absolute atomic E-state index is 0.498. The fraction of sp³-hybridized carbons (Fsp3) is 0.312. The molecule has 2 rings (SSSR count). The molecule has 0 N–H and O–H groups in total. The van der Waals surface area contributed by atoms with E-state index in [4.69, 9.17) is 18.9 Å². The van der Waals surface area contributed by atoms with E-state index in [0.29, 0.717) is 38.1 Å². The number of benzene rings is 1. The average molecular weight is 368 g/mol. The van der Waals surface area contributed by atoms with Gasteiger partial charge < -0.3 is 18.9 Å². The number of aromatic nitrogens is 1. The molecule has 5 nitrogen and oxygen atoms in total. The highest BCUT2D eigenvalue weighted by Crippen LogP contribution is 2.23. The molecule has 0 bridgehead atoms. The minimum Gasteiger partial charge on any atom is -0.491 e. The van der Waals surface area contributed by atoms with E-state index in [1.54, 1.807) is 19.4 Å². The van der Waals surface area contributed by atoms with E-state index in [-0.39, 0.29) is 0 Å². The first-order valence-corrected chi connectivity index (χ1v) is 7.66. The van der Waals surface area contributed by atoms with E-state index < -0.39 is 0 Å². The number of rotatable bonds is 9. The third-order valence-corrected chi connectivity index (χ3v) is 3.14. The lowest BCUT2D eigenvalue weighted by Crippen LogP contribution is -2.09. The summed E-state index contributed by atoms with van der Waals surface area (Å²) in [6, 6.07) is 11.1. The number of nitrogens with zero attached hydrogens (tertiary/aromatic N) is 1. The molecular weight excluding hydrogens is 350 g/mol. The van der Waals surface area contributed by atoms with Crippen LogP contribution in [-0.2, 0) is 9.47 Å². The van der Waals surface area contributed by atoms with Gasteiger partial charge >= 0.3 is 0 Å². The summed E-state index contributed by atoms with van der Waals surface area (Å²) in [5.41, 5.74) is 0. The standard InChI is InChI=1S/C16H18BrNO4/c1-19-8-9-20-10-11-21-14-3-5-15(6-4-14)22-16-7-2-13(17)12-18-16/h2-7,12H,8-11H2,1H3. The third-order valence-electron chi connectivity index (χ3n) is 2.67. The summed E-state index contributed by atoms with van der Waals surface area (Å²) in [5.74, 6) is 2.02. The Morgan fingerprint density at radius 2 is 1.64 bits per heavy atom. The van der Waals surface area contributed by atoms with Crippen LogP contribution in [-0.4, -0.2) is 38.5 Å². The molecule has 1 aromatic heterocycles. The van der Waals surface area contributed by atoms with Gasteiger partial charge in [0.1, 0.15) is 18.1 Å². The van der Waals surface area contributed by atoms with Crippen LogP contribution in [0, 0.1) is 0 Å². The smallest absolute Gasteiger partial charge is 0.219 e. The van der Waals surface area contributed by atoms with Crippen molar-refractivity contribution in [2.75, 3.05) is 33.5 Å². The van der Waals surface area contributed by atoms with Gasteiger partial charge in [-0.25, -0.2) is 4.98 Å². The van der Waals surface area contributed by atoms with Gasteiger partial charge in [0.2, 0.25) is 5.88 Å². The Hall–Kier alpha value is -1.63. The molecule has 0 unspecified atom stereocenters. The molecule has 6 heteroatoms.